The Kier molecular flexibility index (Phi) is 4.83. The number of hydrogen-bond acceptors (Lipinski definition) is 3. The van der Waals surface area contributed by atoms with Gasteiger partial charge in [-0.2, -0.15) is 0 Å². The Labute approximate surface area is 125 Å². The third-order valence-corrected chi connectivity index (χ3v) is 3.72. The quantitative estimate of drug-likeness (QED) is 0.919. The van der Waals surface area contributed by atoms with E-state index < -0.39 is 6.04 Å². The molecule has 5 heteroatoms. The van der Waals surface area contributed by atoms with Crippen LogP contribution in [0.15, 0.2) is 24.3 Å². The van der Waals surface area contributed by atoms with Gasteiger partial charge in [0.15, 0.2) is 0 Å². The molecule has 1 aromatic carbocycles. The second-order valence-corrected chi connectivity index (χ2v) is 5.56. The van der Waals surface area contributed by atoms with Gasteiger partial charge in [0.25, 0.3) is 0 Å². The van der Waals surface area contributed by atoms with Gasteiger partial charge in [0.2, 0.25) is 11.8 Å². The van der Waals surface area contributed by atoms with Gasteiger partial charge in [0.05, 0.1) is 0 Å². The first-order valence-electron chi connectivity index (χ1n) is 7.41. The van der Waals surface area contributed by atoms with Crippen LogP contribution in [0.3, 0.4) is 0 Å². The molecule has 0 aliphatic carbocycles. The summed E-state index contributed by atoms with van der Waals surface area (Å²) in [5.41, 5.74) is 1.93. The van der Waals surface area contributed by atoms with Crippen LogP contribution in [0.25, 0.3) is 0 Å². The van der Waals surface area contributed by atoms with Crippen molar-refractivity contribution in [3.63, 3.8) is 0 Å². The van der Waals surface area contributed by atoms with Crippen molar-refractivity contribution in [3.05, 3.63) is 24.3 Å². The van der Waals surface area contributed by atoms with Crippen molar-refractivity contribution in [1.82, 2.24) is 5.32 Å². The number of benzene rings is 1. The second-order valence-electron chi connectivity index (χ2n) is 5.56. The first-order chi connectivity index (χ1) is 10.0. The van der Waals surface area contributed by atoms with E-state index in [-0.39, 0.29) is 11.8 Å². The zero-order chi connectivity index (χ0) is 15.4. The lowest BCUT2D eigenvalue weighted by Crippen LogP contribution is -2.44. The van der Waals surface area contributed by atoms with Crippen LogP contribution in [-0.4, -0.2) is 38.5 Å². The van der Waals surface area contributed by atoms with Crippen molar-refractivity contribution in [2.24, 2.45) is 0 Å². The first-order valence-corrected chi connectivity index (χ1v) is 7.41. The molecule has 1 N–H and O–H groups in total. The third kappa shape index (κ3) is 3.54. The monoisotopic (exact) mass is 289 g/mol. The summed E-state index contributed by atoms with van der Waals surface area (Å²) in [5, 5.41) is 2.82. The Bertz CT molecular complexity index is 511. The number of amides is 2. The fourth-order valence-electron chi connectivity index (χ4n) is 2.51. The molecule has 0 bridgehead atoms. The highest BCUT2D eigenvalue weighted by Gasteiger charge is 2.29. The molecule has 114 valence electrons. The molecule has 2 rings (SSSR count). The lowest BCUT2D eigenvalue weighted by atomic mass is 10.1. The molecule has 21 heavy (non-hydrogen) atoms. The van der Waals surface area contributed by atoms with Crippen molar-refractivity contribution in [2.75, 3.05) is 30.4 Å². The molecule has 1 aliphatic heterocycles. The molecule has 1 saturated heterocycles. The maximum absolute atomic E-state index is 12.6. The number of hydrogen-bond donors (Lipinski definition) is 1. The molecule has 0 radical (unpaired) electrons. The minimum absolute atomic E-state index is 0.0136. The maximum atomic E-state index is 12.6. The maximum Gasteiger partial charge on any atom is 0.249 e. The van der Waals surface area contributed by atoms with E-state index in [1.807, 2.05) is 50.2 Å². The van der Waals surface area contributed by atoms with Crippen LogP contribution in [-0.2, 0) is 9.59 Å². The van der Waals surface area contributed by atoms with E-state index in [1.54, 1.807) is 4.90 Å². The topological polar surface area (TPSA) is 52.7 Å². The van der Waals surface area contributed by atoms with E-state index in [0.717, 1.165) is 17.8 Å². The zero-order valence-corrected chi connectivity index (χ0v) is 12.9. The summed E-state index contributed by atoms with van der Waals surface area (Å²) in [6, 6.07) is 7.44. The number of nitrogens with one attached hydrogen (secondary N) is 1. The van der Waals surface area contributed by atoms with Crippen molar-refractivity contribution >= 4 is 23.2 Å². The van der Waals surface area contributed by atoms with Gasteiger partial charge in [-0.1, -0.05) is 13.3 Å². The summed E-state index contributed by atoms with van der Waals surface area (Å²) in [4.78, 5) is 28.1. The van der Waals surface area contributed by atoms with E-state index in [4.69, 9.17) is 0 Å². The molecule has 5 nitrogen and oxygen atoms in total. The average Bonchev–Trinajstić information content (AvgIpc) is 2.60. The fourth-order valence-corrected chi connectivity index (χ4v) is 2.51. The summed E-state index contributed by atoms with van der Waals surface area (Å²) >= 11 is 0. The van der Waals surface area contributed by atoms with Gasteiger partial charge < -0.3 is 15.1 Å². The molecule has 1 atom stereocenters. The standard InChI is InChI=1S/C16H23N3O2/c1-4-5-14-16(21)19(11-10-15(20)17-14)13-8-6-12(7-9-13)18(2)3/h6-9,14H,4-5,10-11H2,1-3H3,(H,17,20). The molecule has 0 saturated carbocycles. The minimum Gasteiger partial charge on any atom is -0.378 e. The van der Waals surface area contributed by atoms with Gasteiger partial charge in [-0.15, -0.1) is 0 Å². The predicted molar refractivity (Wildman–Crippen MR) is 84.6 cm³/mol. The lowest BCUT2D eigenvalue weighted by molar-refractivity contribution is -0.125. The Morgan fingerprint density at radius 3 is 2.48 bits per heavy atom. The van der Waals surface area contributed by atoms with Crippen LogP contribution in [0.1, 0.15) is 26.2 Å². The molecule has 2 amide bonds. The van der Waals surface area contributed by atoms with Crippen LogP contribution in [0.5, 0.6) is 0 Å². The molecular formula is C16H23N3O2. The number of nitrogens with zero attached hydrogens (tertiary/aromatic N) is 2. The summed E-state index contributed by atoms with van der Waals surface area (Å²) in [6.45, 7) is 2.45. The largest absolute Gasteiger partial charge is 0.378 e. The van der Waals surface area contributed by atoms with Gasteiger partial charge in [0, 0.05) is 38.4 Å². The molecule has 1 aromatic rings. The number of anilines is 2. The average molecular weight is 289 g/mol. The van der Waals surface area contributed by atoms with E-state index in [0.29, 0.717) is 19.4 Å². The van der Waals surface area contributed by atoms with Crippen molar-refractivity contribution < 1.29 is 9.59 Å². The van der Waals surface area contributed by atoms with Crippen LogP contribution in [0.4, 0.5) is 11.4 Å². The normalized spacial score (nSPS) is 19.2. The highest BCUT2D eigenvalue weighted by molar-refractivity contribution is 6.01. The Morgan fingerprint density at radius 1 is 1.24 bits per heavy atom. The van der Waals surface area contributed by atoms with Gasteiger partial charge in [-0.25, -0.2) is 0 Å². The van der Waals surface area contributed by atoms with E-state index in [9.17, 15) is 9.59 Å². The lowest BCUT2D eigenvalue weighted by Gasteiger charge is -2.24. The highest BCUT2D eigenvalue weighted by atomic mass is 16.2. The Hall–Kier alpha value is -2.04. The van der Waals surface area contributed by atoms with Crippen molar-refractivity contribution in [3.8, 4) is 0 Å². The minimum atomic E-state index is -0.404. The molecule has 0 spiro atoms. The van der Waals surface area contributed by atoms with E-state index in [1.165, 1.54) is 0 Å². The fraction of sp³-hybridized carbons (Fsp3) is 0.500. The van der Waals surface area contributed by atoms with Crippen molar-refractivity contribution in [1.29, 1.82) is 0 Å². The predicted octanol–water partition coefficient (Wildman–Crippen LogP) is 1.77. The van der Waals surface area contributed by atoms with Gasteiger partial charge in [-0.05, 0) is 30.7 Å². The van der Waals surface area contributed by atoms with Gasteiger partial charge in [0.1, 0.15) is 6.04 Å². The van der Waals surface area contributed by atoms with Crippen LogP contribution in [0, 0.1) is 0 Å². The first kappa shape index (κ1) is 15.4. The molecule has 1 aliphatic rings. The molecule has 1 heterocycles. The molecule has 1 unspecified atom stereocenters. The summed E-state index contributed by atoms with van der Waals surface area (Å²) in [5.74, 6) is -0.0606. The van der Waals surface area contributed by atoms with Crippen LogP contribution < -0.4 is 15.1 Å². The number of carbonyl (C=O) groups excluding carboxylic acids is 2. The molecule has 1 fully saturated rings. The van der Waals surface area contributed by atoms with Gasteiger partial charge in [-0.3, -0.25) is 9.59 Å². The third-order valence-electron chi connectivity index (χ3n) is 3.72. The summed E-state index contributed by atoms with van der Waals surface area (Å²) in [6.07, 6.45) is 1.89. The smallest absolute Gasteiger partial charge is 0.249 e. The summed E-state index contributed by atoms with van der Waals surface area (Å²) < 4.78 is 0. The Balaban J connectivity index is 2.23. The zero-order valence-electron chi connectivity index (χ0n) is 12.9. The number of rotatable bonds is 4. The van der Waals surface area contributed by atoms with Crippen molar-refractivity contribution in [2.45, 2.75) is 32.2 Å². The van der Waals surface area contributed by atoms with Gasteiger partial charge >= 0.3 is 0 Å². The van der Waals surface area contributed by atoms with Crippen LogP contribution in [0.2, 0.25) is 0 Å². The highest BCUT2D eigenvalue weighted by Crippen LogP contribution is 2.22. The van der Waals surface area contributed by atoms with E-state index in [2.05, 4.69) is 5.32 Å². The summed E-state index contributed by atoms with van der Waals surface area (Å²) in [7, 11) is 3.96. The Morgan fingerprint density at radius 2 is 1.90 bits per heavy atom. The second kappa shape index (κ2) is 6.61. The van der Waals surface area contributed by atoms with E-state index >= 15 is 0 Å². The van der Waals surface area contributed by atoms with Crippen LogP contribution >= 0.6 is 0 Å². The molecule has 0 aromatic heterocycles. The SMILES string of the molecule is CCCC1NC(=O)CCN(c2ccc(N(C)C)cc2)C1=O. The molecular weight excluding hydrogens is 266 g/mol. The number of carbonyl (C=O) groups is 2.